The summed E-state index contributed by atoms with van der Waals surface area (Å²) in [7, 11) is 1.64. The predicted octanol–water partition coefficient (Wildman–Crippen LogP) is 2.61. The second kappa shape index (κ2) is 5.74. The second-order valence-corrected chi connectivity index (χ2v) is 8.04. The molecule has 1 aromatic rings. The number of fused-ring (bicyclic) bond motifs is 3. The summed E-state index contributed by atoms with van der Waals surface area (Å²) < 4.78 is 5.80. The third kappa shape index (κ3) is 2.25. The van der Waals surface area contributed by atoms with Gasteiger partial charge in [-0.25, -0.2) is 0 Å². The highest BCUT2D eigenvalue weighted by molar-refractivity contribution is 5.25. The summed E-state index contributed by atoms with van der Waals surface area (Å²) in [6, 6.07) is 9.44. The van der Waals surface area contributed by atoms with Gasteiger partial charge in [-0.2, -0.15) is 10.1 Å². The van der Waals surface area contributed by atoms with E-state index in [0.29, 0.717) is 5.56 Å². The average Bonchev–Trinajstić information content (AvgIpc) is 3.08. The van der Waals surface area contributed by atoms with Crippen LogP contribution in [0.4, 0.5) is 0 Å². The largest absolute Gasteiger partial charge is 0.375 e. The Morgan fingerprint density at radius 3 is 2.44 bits per heavy atom. The normalized spacial score (nSPS) is 39.4. The quantitative estimate of drug-likeness (QED) is 0.875. The van der Waals surface area contributed by atoms with Crippen LogP contribution in [0.3, 0.4) is 0 Å². The molecule has 6 nitrogen and oxygen atoms in total. The van der Waals surface area contributed by atoms with Crippen molar-refractivity contribution in [2.75, 3.05) is 7.11 Å². The van der Waals surface area contributed by atoms with Crippen LogP contribution >= 0.6 is 0 Å². The Morgan fingerprint density at radius 1 is 1.16 bits per heavy atom. The van der Waals surface area contributed by atoms with Crippen LogP contribution in [0.1, 0.15) is 51.5 Å². The summed E-state index contributed by atoms with van der Waals surface area (Å²) in [4.78, 5) is 6.20. The molecule has 2 N–H and O–H groups in total. The summed E-state index contributed by atoms with van der Waals surface area (Å²) in [5.74, 6) is -1.49. The Morgan fingerprint density at radius 2 is 1.80 bits per heavy atom. The number of hydrogen-bond acceptors (Lipinski definition) is 6. The van der Waals surface area contributed by atoms with E-state index >= 15 is 0 Å². The van der Waals surface area contributed by atoms with E-state index in [0.717, 1.165) is 25.7 Å². The number of methoxy groups -OCH3 is 1. The van der Waals surface area contributed by atoms with E-state index in [1.165, 1.54) is 5.06 Å². The molecule has 0 radical (unpaired) electrons. The molecule has 0 amide bonds. The van der Waals surface area contributed by atoms with Gasteiger partial charge in [-0.15, -0.1) is 0 Å². The molecule has 0 bridgehead atoms. The minimum Gasteiger partial charge on any atom is -0.375 e. The lowest BCUT2D eigenvalue weighted by Gasteiger charge is -2.46. The Kier molecular flexibility index (Phi) is 3.99. The van der Waals surface area contributed by atoms with Crippen molar-refractivity contribution in [1.29, 1.82) is 0 Å². The maximum atomic E-state index is 11.3. The molecule has 1 aliphatic carbocycles. The predicted molar refractivity (Wildman–Crippen MR) is 91.4 cm³/mol. The van der Waals surface area contributed by atoms with E-state index in [-0.39, 0.29) is 18.5 Å². The summed E-state index contributed by atoms with van der Waals surface area (Å²) in [5.41, 5.74) is -0.985. The molecule has 3 aliphatic rings. The van der Waals surface area contributed by atoms with Gasteiger partial charge in [-0.05, 0) is 26.7 Å². The maximum absolute atomic E-state index is 11.3. The first-order valence-electron chi connectivity index (χ1n) is 9.15. The molecule has 0 unspecified atom stereocenters. The number of aliphatic hydroxyl groups is 1. The molecule has 4 atom stereocenters. The molecule has 6 heteroatoms. The molecule has 0 aromatic heterocycles. The van der Waals surface area contributed by atoms with Gasteiger partial charge in [0.15, 0.2) is 5.66 Å². The molecule has 1 saturated carbocycles. The molecule has 1 aromatic carbocycles. The van der Waals surface area contributed by atoms with Crippen molar-refractivity contribution in [3.8, 4) is 0 Å². The lowest BCUT2D eigenvalue weighted by atomic mass is 9.83. The molecule has 2 saturated heterocycles. The van der Waals surface area contributed by atoms with Crippen LogP contribution in [0.25, 0.3) is 0 Å². The minimum atomic E-state index is -1.49. The van der Waals surface area contributed by atoms with Crippen molar-refractivity contribution >= 4 is 0 Å². The minimum absolute atomic E-state index is 0.00324. The first-order chi connectivity index (χ1) is 11.9. The highest BCUT2D eigenvalue weighted by Crippen LogP contribution is 2.57. The molecule has 0 spiro atoms. The smallest absolute Gasteiger partial charge is 0.214 e. The third-order valence-corrected chi connectivity index (χ3v) is 6.49. The lowest BCUT2D eigenvalue weighted by Crippen LogP contribution is -2.64. The molecule has 25 heavy (non-hydrogen) atoms. The molecule has 2 heterocycles. The van der Waals surface area contributed by atoms with E-state index in [9.17, 15) is 10.3 Å². The number of rotatable bonds is 3. The van der Waals surface area contributed by atoms with Gasteiger partial charge < -0.3 is 15.1 Å². The summed E-state index contributed by atoms with van der Waals surface area (Å²) in [6.45, 7) is 3.89. The van der Waals surface area contributed by atoms with Gasteiger partial charge in [0.1, 0.15) is 0 Å². The number of nitrogens with zero attached hydrogens (tertiary/aromatic N) is 2. The highest BCUT2D eigenvalue weighted by atomic mass is 16.8. The number of hydrogen-bond donors (Lipinski definition) is 2. The van der Waals surface area contributed by atoms with Gasteiger partial charge in [0, 0.05) is 19.1 Å². The number of benzene rings is 1. The molecule has 3 fully saturated rings. The van der Waals surface area contributed by atoms with Crippen LogP contribution in [0.5, 0.6) is 0 Å². The van der Waals surface area contributed by atoms with Crippen LogP contribution < -0.4 is 0 Å². The van der Waals surface area contributed by atoms with Crippen LogP contribution in [0.2, 0.25) is 0 Å². The topological polar surface area (TPSA) is 65.4 Å². The number of hydroxylamine groups is 4. The SMILES string of the molecule is COC(C)(C)[C@]12C[C@](O)(c3ccccc3)ON1[C@@H]1CCCC[C@@H]1N2O. The van der Waals surface area contributed by atoms with Crippen molar-refractivity contribution in [2.45, 2.75) is 75.1 Å². The standard InChI is InChI=1S/C19H28N2O4/c1-17(2,24-3)19-13-18(22,14-9-5-4-6-10-14)25-21(19)16-12-8-7-11-15(16)20(19)23/h4-6,9-10,15-16,22-23H,7-8,11-13H2,1-3H3/t15-,16+,18+,19-/m0/s1. The summed E-state index contributed by atoms with van der Waals surface area (Å²) >= 11 is 0. The van der Waals surface area contributed by atoms with Crippen molar-refractivity contribution < 1.29 is 19.9 Å². The van der Waals surface area contributed by atoms with E-state index in [1.54, 1.807) is 7.11 Å². The van der Waals surface area contributed by atoms with Gasteiger partial charge in [-0.3, -0.25) is 4.84 Å². The first-order valence-corrected chi connectivity index (χ1v) is 9.15. The van der Waals surface area contributed by atoms with Crippen molar-refractivity contribution in [3.05, 3.63) is 35.9 Å². The zero-order chi connectivity index (χ0) is 17.9. The number of ether oxygens (including phenoxy) is 1. The van der Waals surface area contributed by atoms with Crippen LogP contribution in [-0.4, -0.2) is 50.9 Å². The van der Waals surface area contributed by atoms with Gasteiger partial charge in [0.05, 0.1) is 17.7 Å². The first kappa shape index (κ1) is 17.4. The molecule has 4 rings (SSSR count). The Balaban J connectivity index is 1.81. The van der Waals surface area contributed by atoms with E-state index < -0.39 is 17.1 Å². The summed E-state index contributed by atoms with van der Waals surface area (Å²) in [6.07, 6.45) is 4.27. The third-order valence-electron chi connectivity index (χ3n) is 6.49. The van der Waals surface area contributed by atoms with Gasteiger partial charge >= 0.3 is 0 Å². The molecular weight excluding hydrogens is 320 g/mol. The molecular formula is C19H28N2O4. The average molecular weight is 348 g/mol. The second-order valence-electron chi connectivity index (χ2n) is 8.04. The van der Waals surface area contributed by atoms with Crippen LogP contribution in [-0.2, 0) is 15.4 Å². The van der Waals surface area contributed by atoms with Crippen LogP contribution in [0, 0.1) is 0 Å². The van der Waals surface area contributed by atoms with Crippen LogP contribution in [0.15, 0.2) is 30.3 Å². The summed E-state index contributed by atoms with van der Waals surface area (Å²) in [5, 5.41) is 25.8. The molecule has 2 aliphatic heterocycles. The zero-order valence-corrected chi connectivity index (χ0v) is 15.2. The van der Waals surface area contributed by atoms with E-state index in [1.807, 2.05) is 49.2 Å². The zero-order valence-electron chi connectivity index (χ0n) is 15.2. The van der Waals surface area contributed by atoms with Gasteiger partial charge in [0.25, 0.3) is 0 Å². The Bertz CT molecular complexity index is 640. The van der Waals surface area contributed by atoms with Crippen molar-refractivity contribution in [3.63, 3.8) is 0 Å². The fourth-order valence-corrected chi connectivity index (χ4v) is 4.90. The van der Waals surface area contributed by atoms with Crippen molar-refractivity contribution in [1.82, 2.24) is 10.1 Å². The lowest BCUT2D eigenvalue weighted by molar-refractivity contribution is -0.334. The fourth-order valence-electron chi connectivity index (χ4n) is 4.90. The monoisotopic (exact) mass is 348 g/mol. The Labute approximate surface area is 148 Å². The molecule has 138 valence electrons. The fraction of sp³-hybridized carbons (Fsp3) is 0.684. The van der Waals surface area contributed by atoms with E-state index in [4.69, 9.17) is 9.57 Å². The Hall–Kier alpha value is -1.02. The van der Waals surface area contributed by atoms with E-state index in [2.05, 4.69) is 0 Å². The van der Waals surface area contributed by atoms with Crippen molar-refractivity contribution in [2.24, 2.45) is 0 Å². The highest BCUT2D eigenvalue weighted by Gasteiger charge is 2.73. The maximum Gasteiger partial charge on any atom is 0.214 e. The van der Waals surface area contributed by atoms with Gasteiger partial charge in [-0.1, -0.05) is 43.2 Å². The van der Waals surface area contributed by atoms with Gasteiger partial charge in [0.2, 0.25) is 5.79 Å².